The summed E-state index contributed by atoms with van der Waals surface area (Å²) >= 11 is 6.23. The van der Waals surface area contributed by atoms with E-state index in [4.69, 9.17) is 16.3 Å². The molecule has 0 saturated carbocycles. The number of methoxy groups -OCH3 is 1. The van der Waals surface area contributed by atoms with Gasteiger partial charge in [-0.05, 0) is 6.42 Å². The summed E-state index contributed by atoms with van der Waals surface area (Å²) in [6, 6.07) is 0.297. The summed E-state index contributed by atoms with van der Waals surface area (Å²) in [5.41, 5.74) is 2.05. The molecule has 1 fully saturated rings. The Morgan fingerprint density at radius 2 is 2.38 bits per heavy atom. The van der Waals surface area contributed by atoms with E-state index in [1.54, 1.807) is 12.4 Å². The van der Waals surface area contributed by atoms with E-state index in [2.05, 4.69) is 30.4 Å². The fourth-order valence-electron chi connectivity index (χ4n) is 2.89. The van der Waals surface area contributed by atoms with E-state index in [1.807, 2.05) is 0 Å². The number of ether oxygens (including phenoxy) is 1. The molecule has 0 spiro atoms. The summed E-state index contributed by atoms with van der Waals surface area (Å²) in [5, 5.41) is 10.5. The van der Waals surface area contributed by atoms with Gasteiger partial charge in [-0.25, -0.2) is 4.98 Å². The van der Waals surface area contributed by atoms with Crippen LogP contribution in [0.1, 0.15) is 30.5 Å². The summed E-state index contributed by atoms with van der Waals surface area (Å²) in [6.07, 6.45) is 4.25. The number of aromatic amines is 1. The number of nitrogens with zero attached hydrogens (tertiary/aromatic N) is 4. The van der Waals surface area contributed by atoms with Crippen LogP contribution in [0.3, 0.4) is 0 Å². The highest BCUT2D eigenvalue weighted by atomic mass is 35.5. The number of carbonyl (C=O) groups excluding carboxylic acids is 1. The lowest BCUT2D eigenvalue weighted by Crippen LogP contribution is -2.22. The number of hydrogen-bond donors (Lipinski definition) is 2. The third kappa shape index (κ3) is 3.43. The van der Waals surface area contributed by atoms with Gasteiger partial charge in [0.1, 0.15) is 5.02 Å². The van der Waals surface area contributed by atoms with Crippen molar-refractivity contribution in [3.63, 3.8) is 0 Å². The molecule has 24 heavy (non-hydrogen) atoms. The number of carbonyl (C=O) groups is 1. The summed E-state index contributed by atoms with van der Waals surface area (Å²) < 4.78 is 5.08. The third-order valence-electron chi connectivity index (χ3n) is 4.06. The Morgan fingerprint density at radius 3 is 3.12 bits per heavy atom. The zero-order chi connectivity index (χ0) is 17.1. The first kappa shape index (κ1) is 16.5. The van der Waals surface area contributed by atoms with Crippen LogP contribution < -0.4 is 15.0 Å². The average Bonchev–Trinajstić information content (AvgIpc) is 3.22. The molecule has 1 unspecified atom stereocenters. The van der Waals surface area contributed by atoms with Gasteiger partial charge in [0.25, 0.3) is 0 Å². The highest BCUT2D eigenvalue weighted by Crippen LogP contribution is 2.34. The molecule has 2 aromatic rings. The second kappa shape index (κ2) is 7.04. The van der Waals surface area contributed by atoms with Crippen molar-refractivity contribution < 1.29 is 9.53 Å². The van der Waals surface area contributed by atoms with Crippen LogP contribution in [0, 0.1) is 0 Å². The normalized spacial score (nSPS) is 17.1. The van der Waals surface area contributed by atoms with Crippen molar-refractivity contribution in [1.29, 1.82) is 0 Å². The molecule has 0 aliphatic carbocycles. The number of nitrogens with one attached hydrogen (secondary N) is 2. The number of H-pyrrole nitrogens is 1. The van der Waals surface area contributed by atoms with Gasteiger partial charge in [-0.1, -0.05) is 11.6 Å². The van der Waals surface area contributed by atoms with Crippen molar-refractivity contribution in [2.24, 2.45) is 0 Å². The molecule has 1 amide bonds. The monoisotopic (exact) mass is 350 g/mol. The van der Waals surface area contributed by atoms with Gasteiger partial charge < -0.3 is 15.0 Å². The Balaban J connectivity index is 1.74. The molecule has 1 aliphatic rings. The van der Waals surface area contributed by atoms with Crippen LogP contribution in [0.5, 0.6) is 6.01 Å². The molecule has 0 radical (unpaired) electrons. The quantitative estimate of drug-likeness (QED) is 0.848. The molecule has 128 valence electrons. The number of amides is 1. The first-order valence-corrected chi connectivity index (χ1v) is 8.04. The fourth-order valence-corrected chi connectivity index (χ4v) is 3.10. The second-order valence-electron chi connectivity index (χ2n) is 5.68. The summed E-state index contributed by atoms with van der Waals surface area (Å²) in [4.78, 5) is 21.6. The van der Waals surface area contributed by atoms with Gasteiger partial charge in [-0.3, -0.25) is 9.89 Å². The smallest absolute Gasteiger partial charge is 0.318 e. The second-order valence-corrected chi connectivity index (χ2v) is 6.09. The minimum Gasteiger partial charge on any atom is -0.467 e. The minimum atomic E-state index is -0.0601. The zero-order valence-corrected chi connectivity index (χ0v) is 14.3. The van der Waals surface area contributed by atoms with Crippen molar-refractivity contribution in [3.8, 4) is 6.01 Å². The van der Waals surface area contributed by atoms with Gasteiger partial charge in [0.15, 0.2) is 5.82 Å². The van der Waals surface area contributed by atoms with E-state index >= 15 is 0 Å². The Morgan fingerprint density at radius 1 is 1.54 bits per heavy atom. The molecule has 8 nitrogen and oxygen atoms in total. The van der Waals surface area contributed by atoms with Gasteiger partial charge in [-0.2, -0.15) is 10.1 Å². The predicted molar refractivity (Wildman–Crippen MR) is 89.3 cm³/mol. The number of rotatable bonds is 5. The molecule has 1 saturated heterocycles. The van der Waals surface area contributed by atoms with Gasteiger partial charge in [0.2, 0.25) is 5.91 Å². The lowest BCUT2D eigenvalue weighted by Gasteiger charge is -2.19. The minimum absolute atomic E-state index is 0.0601. The van der Waals surface area contributed by atoms with Gasteiger partial charge in [0, 0.05) is 43.7 Å². The molecule has 3 rings (SSSR count). The molecule has 3 heterocycles. The Hall–Kier alpha value is -2.35. The highest BCUT2D eigenvalue weighted by Gasteiger charge is 2.29. The van der Waals surface area contributed by atoms with E-state index in [0.29, 0.717) is 23.4 Å². The topological polar surface area (TPSA) is 96.0 Å². The summed E-state index contributed by atoms with van der Waals surface area (Å²) in [5.74, 6) is 0.886. The van der Waals surface area contributed by atoms with E-state index < -0.39 is 0 Å². The van der Waals surface area contributed by atoms with Gasteiger partial charge in [0.05, 0.1) is 19.5 Å². The molecular weight excluding hydrogens is 332 g/mol. The van der Waals surface area contributed by atoms with Crippen LogP contribution in [0.2, 0.25) is 5.02 Å². The first-order chi connectivity index (χ1) is 11.6. The largest absolute Gasteiger partial charge is 0.467 e. The van der Waals surface area contributed by atoms with Gasteiger partial charge in [-0.15, -0.1) is 0 Å². The van der Waals surface area contributed by atoms with Crippen LogP contribution in [0.4, 0.5) is 5.82 Å². The first-order valence-electron chi connectivity index (χ1n) is 7.66. The van der Waals surface area contributed by atoms with Crippen LogP contribution >= 0.6 is 11.6 Å². The SMILES string of the molecule is COc1ncc(Cl)c(N2CCC(c3[nH]ncc3CNC(C)=O)C2)n1. The van der Waals surface area contributed by atoms with E-state index in [0.717, 1.165) is 30.8 Å². The summed E-state index contributed by atoms with van der Waals surface area (Å²) in [6.45, 7) is 3.56. The Bertz CT molecular complexity index is 735. The molecule has 2 N–H and O–H groups in total. The van der Waals surface area contributed by atoms with Crippen LogP contribution in [0.25, 0.3) is 0 Å². The van der Waals surface area contributed by atoms with Crippen molar-refractivity contribution in [2.75, 3.05) is 25.1 Å². The molecule has 1 aliphatic heterocycles. The maximum atomic E-state index is 11.1. The van der Waals surface area contributed by atoms with Gasteiger partial charge >= 0.3 is 6.01 Å². The number of halogens is 1. The summed E-state index contributed by atoms with van der Waals surface area (Å²) in [7, 11) is 1.53. The maximum absolute atomic E-state index is 11.1. The van der Waals surface area contributed by atoms with Crippen molar-refractivity contribution in [1.82, 2.24) is 25.5 Å². The predicted octanol–water partition coefficient (Wildman–Crippen LogP) is 1.49. The molecule has 0 aromatic carbocycles. The lowest BCUT2D eigenvalue weighted by atomic mass is 10.0. The Kier molecular flexibility index (Phi) is 4.84. The standard InChI is InChI=1S/C15H19ClN6O2/c1-9(23)17-5-11-6-19-21-13(11)10-3-4-22(8-10)14-12(16)7-18-15(20-14)24-2/h6-7,10H,3-5,8H2,1-2H3,(H,17,23)(H,19,21). The maximum Gasteiger partial charge on any atom is 0.318 e. The van der Waals surface area contributed by atoms with Crippen LogP contribution in [-0.2, 0) is 11.3 Å². The van der Waals surface area contributed by atoms with E-state index in [1.165, 1.54) is 14.0 Å². The van der Waals surface area contributed by atoms with E-state index in [9.17, 15) is 4.79 Å². The number of hydrogen-bond acceptors (Lipinski definition) is 6. The molecule has 9 heteroatoms. The zero-order valence-electron chi connectivity index (χ0n) is 13.5. The number of anilines is 1. The van der Waals surface area contributed by atoms with Crippen LogP contribution in [-0.4, -0.2) is 46.3 Å². The average molecular weight is 351 g/mol. The molecule has 0 bridgehead atoms. The fraction of sp³-hybridized carbons (Fsp3) is 0.467. The van der Waals surface area contributed by atoms with Crippen molar-refractivity contribution in [3.05, 3.63) is 28.7 Å². The number of aromatic nitrogens is 4. The highest BCUT2D eigenvalue weighted by molar-refractivity contribution is 6.32. The third-order valence-corrected chi connectivity index (χ3v) is 4.33. The Labute approximate surface area is 144 Å². The molecular formula is C15H19ClN6O2. The lowest BCUT2D eigenvalue weighted by molar-refractivity contribution is -0.119. The van der Waals surface area contributed by atoms with Crippen LogP contribution in [0.15, 0.2) is 12.4 Å². The molecule has 1 atom stereocenters. The van der Waals surface area contributed by atoms with E-state index in [-0.39, 0.29) is 11.8 Å². The van der Waals surface area contributed by atoms with Crippen molar-refractivity contribution in [2.45, 2.75) is 25.8 Å². The molecule has 2 aromatic heterocycles. The van der Waals surface area contributed by atoms with Crippen molar-refractivity contribution >= 4 is 23.3 Å².